The van der Waals surface area contributed by atoms with Crippen molar-refractivity contribution < 1.29 is 14.0 Å². The van der Waals surface area contributed by atoms with E-state index in [0.717, 1.165) is 23.1 Å². The average molecular weight is 248 g/mol. The lowest BCUT2D eigenvalue weighted by atomic mass is 9.98. The Labute approximate surface area is 105 Å². The second kappa shape index (κ2) is 5.00. The molecule has 0 amide bonds. The first kappa shape index (κ1) is 12.3. The van der Waals surface area contributed by atoms with Gasteiger partial charge >= 0.3 is 0 Å². The maximum absolute atomic E-state index is 5.79. The molecule has 0 radical (unpaired) electrons. The molecule has 1 aromatic carbocycles. The molecule has 0 saturated carbocycles. The smallest absolute Gasteiger partial charge is 0.230 e. The van der Waals surface area contributed by atoms with Crippen molar-refractivity contribution in [3.05, 3.63) is 23.9 Å². The van der Waals surface area contributed by atoms with Gasteiger partial charge in [-0.2, -0.15) is 0 Å². The summed E-state index contributed by atoms with van der Waals surface area (Å²) >= 11 is 0. The van der Waals surface area contributed by atoms with E-state index in [9.17, 15) is 0 Å². The van der Waals surface area contributed by atoms with Crippen molar-refractivity contribution in [1.82, 2.24) is 5.16 Å². The summed E-state index contributed by atoms with van der Waals surface area (Å²) in [5.41, 5.74) is 8.48. The van der Waals surface area contributed by atoms with Crippen LogP contribution in [0.3, 0.4) is 0 Å². The zero-order valence-electron chi connectivity index (χ0n) is 10.7. The first-order valence-corrected chi connectivity index (χ1v) is 5.67. The van der Waals surface area contributed by atoms with Gasteiger partial charge in [-0.1, -0.05) is 18.1 Å². The Hall–Kier alpha value is -2.17. The van der Waals surface area contributed by atoms with Crippen molar-refractivity contribution in [2.45, 2.75) is 13.3 Å². The first-order chi connectivity index (χ1) is 8.72. The third-order valence-electron chi connectivity index (χ3n) is 2.88. The summed E-state index contributed by atoms with van der Waals surface area (Å²) in [6, 6.07) is 3.87. The number of rotatable bonds is 4. The summed E-state index contributed by atoms with van der Waals surface area (Å²) < 4.78 is 15.7. The van der Waals surface area contributed by atoms with Gasteiger partial charge in [-0.05, 0) is 18.1 Å². The maximum Gasteiger partial charge on any atom is 0.230 e. The Bertz CT molecular complexity index is 549. The fraction of sp³-hybridized carbons (Fsp3) is 0.308. The van der Waals surface area contributed by atoms with Gasteiger partial charge in [0.15, 0.2) is 11.5 Å². The molecule has 18 heavy (non-hydrogen) atoms. The number of hydrogen-bond donors (Lipinski definition) is 1. The number of nitrogen functional groups attached to an aromatic ring is 1. The SMILES string of the molecule is CCc1ccc(OC)c(OC)c1-c1cnoc1N. The van der Waals surface area contributed by atoms with Crippen LogP contribution in [0.25, 0.3) is 11.1 Å². The van der Waals surface area contributed by atoms with E-state index in [4.69, 9.17) is 19.7 Å². The highest BCUT2D eigenvalue weighted by atomic mass is 16.5. The Morgan fingerprint density at radius 1 is 1.28 bits per heavy atom. The number of nitrogens with two attached hydrogens (primary N) is 1. The molecular weight excluding hydrogens is 232 g/mol. The maximum atomic E-state index is 5.79. The summed E-state index contributed by atoms with van der Waals surface area (Å²) in [7, 11) is 3.20. The number of aromatic nitrogens is 1. The molecule has 0 spiro atoms. The lowest BCUT2D eigenvalue weighted by Crippen LogP contribution is -1.98. The van der Waals surface area contributed by atoms with E-state index in [1.165, 1.54) is 0 Å². The summed E-state index contributed by atoms with van der Waals surface area (Å²) in [5, 5.41) is 3.71. The van der Waals surface area contributed by atoms with Crippen LogP contribution in [-0.2, 0) is 6.42 Å². The van der Waals surface area contributed by atoms with Crippen molar-refractivity contribution in [3.63, 3.8) is 0 Å². The third kappa shape index (κ3) is 1.88. The van der Waals surface area contributed by atoms with Crippen molar-refractivity contribution in [2.75, 3.05) is 20.0 Å². The lowest BCUT2D eigenvalue weighted by molar-refractivity contribution is 0.356. The van der Waals surface area contributed by atoms with Crippen LogP contribution in [0.5, 0.6) is 11.5 Å². The molecule has 0 bridgehead atoms. The average Bonchev–Trinajstić information content (AvgIpc) is 2.82. The van der Waals surface area contributed by atoms with E-state index in [1.807, 2.05) is 12.1 Å². The van der Waals surface area contributed by atoms with Crippen molar-refractivity contribution in [3.8, 4) is 22.6 Å². The Balaban J connectivity index is 2.73. The van der Waals surface area contributed by atoms with Gasteiger partial charge in [0.2, 0.25) is 5.88 Å². The highest BCUT2D eigenvalue weighted by Gasteiger charge is 2.19. The van der Waals surface area contributed by atoms with E-state index in [-0.39, 0.29) is 5.88 Å². The molecule has 0 unspecified atom stereocenters. The molecule has 2 N–H and O–H groups in total. The number of benzene rings is 1. The van der Waals surface area contributed by atoms with Crippen LogP contribution in [0.1, 0.15) is 12.5 Å². The zero-order chi connectivity index (χ0) is 13.1. The summed E-state index contributed by atoms with van der Waals surface area (Å²) in [6.45, 7) is 2.06. The number of aryl methyl sites for hydroxylation is 1. The number of nitrogens with zero attached hydrogens (tertiary/aromatic N) is 1. The lowest BCUT2D eigenvalue weighted by Gasteiger charge is -2.15. The Kier molecular flexibility index (Phi) is 3.41. The van der Waals surface area contributed by atoms with Gasteiger partial charge in [0.1, 0.15) is 0 Å². The minimum absolute atomic E-state index is 0.274. The van der Waals surface area contributed by atoms with Gasteiger partial charge < -0.3 is 19.7 Å². The first-order valence-electron chi connectivity index (χ1n) is 5.67. The normalized spacial score (nSPS) is 10.4. The van der Waals surface area contributed by atoms with Crippen LogP contribution in [0.15, 0.2) is 22.9 Å². The molecule has 1 aromatic heterocycles. The van der Waals surface area contributed by atoms with Crippen LogP contribution in [-0.4, -0.2) is 19.4 Å². The standard InChI is InChI=1S/C13H16N2O3/c1-4-8-5-6-10(16-2)12(17-3)11(8)9-7-15-18-13(9)14/h5-7H,4,14H2,1-3H3. The predicted octanol–water partition coefficient (Wildman–Crippen LogP) is 2.50. The van der Waals surface area contributed by atoms with Crippen molar-refractivity contribution in [1.29, 1.82) is 0 Å². The third-order valence-corrected chi connectivity index (χ3v) is 2.88. The van der Waals surface area contributed by atoms with Crippen LogP contribution in [0.4, 0.5) is 5.88 Å². The molecule has 2 rings (SSSR count). The van der Waals surface area contributed by atoms with Gasteiger partial charge in [0.25, 0.3) is 0 Å². The molecule has 96 valence electrons. The molecule has 0 aliphatic heterocycles. The topological polar surface area (TPSA) is 70.5 Å². The highest BCUT2D eigenvalue weighted by Crippen LogP contribution is 2.42. The van der Waals surface area contributed by atoms with E-state index in [0.29, 0.717) is 11.5 Å². The van der Waals surface area contributed by atoms with Crippen LogP contribution in [0.2, 0.25) is 0 Å². The summed E-state index contributed by atoms with van der Waals surface area (Å²) in [4.78, 5) is 0. The van der Waals surface area contributed by atoms with Crippen LogP contribution < -0.4 is 15.2 Å². The molecule has 2 aromatic rings. The van der Waals surface area contributed by atoms with Gasteiger partial charge in [0, 0.05) is 5.56 Å². The predicted molar refractivity (Wildman–Crippen MR) is 68.8 cm³/mol. The second-order valence-electron chi connectivity index (χ2n) is 3.79. The molecule has 5 heteroatoms. The number of ether oxygens (including phenoxy) is 2. The molecule has 0 saturated heterocycles. The molecule has 0 atom stereocenters. The minimum atomic E-state index is 0.274. The molecule has 0 aliphatic rings. The minimum Gasteiger partial charge on any atom is -0.493 e. The summed E-state index contributed by atoms with van der Waals surface area (Å²) in [5.74, 6) is 1.58. The largest absolute Gasteiger partial charge is 0.493 e. The molecule has 1 heterocycles. The molecular formula is C13H16N2O3. The van der Waals surface area contributed by atoms with Crippen LogP contribution >= 0.6 is 0 Å². The molecule has 5 nitrogen and oxygen atoms in total. The fourth-order valence-electron chi connectivity index (χ4n) is 1.99. The second-order valence-corrected chi connectivity index (χ2v) is 3.79. The quantitative estimate of drug-likeness (QED) is 0.900. The van der Waals surface area contributed by atoms with Gasteiger partial charge in [-0.25, -0.2) is 0 Å². The monoisotopic (exact) mass is 248 g/mol. The number of hydrogen-bond acceptors (Lipinski definition) is 5. The zero-order valence-corrected chi connectivity index (χ0v) is 10.7. The van der Waals surface area contributed by atoms with Gasteiger partial charge in [-0.3, -0.25) is 0 Å². The highest BCUT2D eigenvalue weighted by molar-refractivity contribution is 5.82. The van der Waals surface area contributed by atoms with Crippen LogP contribution in [0, 0.1) is 0 Å². The van der Waals surface area contributed by atoms with Gasteiger partial charge in [-0.15, -0.1) is 0 Å². The molecule has 0 aliphatic carbocycles. The summed E-state index contributed by atoms with van der Waals surface area (Å²) in [6.07, 6.45) is 2.44. The number of methoxy groups -OCH3 is 2. The number of anilines is 1. The Morgan fingerprint density at radius 2 is 2.06 bits per heavy atom. The Morgan fingerprint density at radius 3 is 2.56 bits per heavy atom. The molecule has 0 fully saturated rings. The van der Waals surface area contributed by atoms with E-state index >= 15 is 0 Å². The van der Waals surface area contributed by atoms with Crippen molar-refractivity contribution in [2.24, 2.45) is 0 Å². The van der Waals surface area contributed by atoms with E-state index < -0.39 is 0 Å². The van der Waals surface area contributed by atoms with Gasteiger partial charge in [0.05, 0.1) is 26.0 Å². The van der Waals surface area contributed by atoms with E-state index in [1.54, 1.807) is 20.4 Å². The van der Waals surface area contributed by atoms with E-state index in [2.05, 4.69) is 12.1 Å². The fourth-order valence-corrected chi connectivity index (χ4v) is 1.99. The van der Waals surface area contributed by atoms with Crippen molar-refractivity contribution >= 4 is 5.88 Å².